The summed E-state index contributed by atoms with van der Waals surface area (Å²) in [6.07, 6.45) is 0. The van der Waals surface area contributed by atoms with Gasteiger partial charge in [-0.1, -0.05) is 0 Å². The first-order chi connectivity index (χ1) is 8.41. The number of rotatable bonds is 2. The maximum absolute atomic E-state index is 13.5. The van der Waals surface area contributed by atoms with E-state index in [-0.39, 0.29) is 19.1 Å². The maximum atomic E-state index is 13.5. The van der Waals surface area contributed by atoms with E-state index in [9.17, 15) is 17.2 Å². The van der Waals surface area contributed by atoms with Crippen LogP contribution in [-0.4, -0.2) is 38.4 Å². The summed E-state index contributed by atoms with van der Waals surface area (Å²) in [6.45, 7) is 2.84. The van der Waals surface area contributed by atoms with Gasteiger partial charge in [-0.3, -0.25) is 0 Å². The van der Waals surface area contributed by atoms with Crippen molar-refractivity contribution in [2.45, 2.75) is 17.9 Å². The molecule has 0 radical (unpaired) electrons. The van der Waals surface area contributed by atoms with Crippen LogP contribution in [0.3, 0.4) is 0 Å². The molecule has 1 saturated heterocycles. The minimum atomic E-state index is -3.97. The molecule has 2 rings (SSSR count). The Hall–Kier alpha value is -1.05. The summed E-state index contributed by atoms with van der Waals surface area (Å²) in [5.74, 6) is -1.69. The number of nitrogens with one attached hydrogen (secondary N) is 1. The Labute approximate surface area is 105 Å². The Morgan fingerprint density at radius 2 is 2.11 bits per heavy atom. The average molecular weight is 276 g/mol. The third-order valence-corrected chi connectivity index (χ3v) is 4.72. The Morgan fingerprint density at radius 3 is 2.78 bits per heavy atom. The molecule has 18 heavy (non-hydrogen) atoms. The fourth-order valence-corrected chi connectivity index (χ4v) is 3.53. The van der Waals surface area contributed by atoms with E-state index in [1.807, 2.05) is 6.92 Å². The van der Waals surface area contributed by atoms with Crippen molar-refractivity contribution in [3.63, 3.8) is 0 Å². The molecule has 0 spiro atoms. The first-order valence-electron chi connectivity index (χ1n) is 5.60. The molecule has 1 atom stereocenters. The molecule has 100 valence electrons. The average Bonchev–Trinajstić information content (AvgIpc) is 2.32. The quantitative estimate of drug-likeness (QED) is 0.875. The minimum absolute atomic E-state index is 0.00912. The van der Waals surface area contributed by atoms with E-state index >= 15 is 0 Å². The minimum Gasteiger partial charge on any atom is -0.312 e. The molecule has 1 N–H and O–H groups in total. The van der Waals surface area contributed by atoms with Gasteiger partial charge in [0.25, 0.3) is 0 Å². The molecule has 1 heterocycles. The maximum Gasteiger partial charge on any atom is 0.246 e. The van der Waals surface area contributed by atoms with Gasteiger partial charge in [-0.15, -0.1) is 0 Å². The predicted molar refractivity (Wildman–Crippen MR) is 62.6 cm³/mol. The van der Waals surface area contributed by atoms with Crippen molar-refractivity contribution in [2.75, 3.05) is 19.6 Å². The predicted octanol–water partition coefficient (Wildman–Crippen LogP) is 0.947. The number of hydrogen-bond donors (Lipinski definition) is 1. The van der Waals surface area contributed by atoms with Gasteiger partial charge in [0.2, 0.25) is 10.0 Å². The van der Waals surface area contributed by atoms with Crippen molar-refractivity contribution in [3.8, 4) is 0 Å². The highest BCUT2D eigenvalue weighted by molar-refractivity contribution is 7.89. The zero-order valence-corrected chi connectivity index (χ0v) is 10.7. The molecule has 0 aliphatic carbocycles. The Balaban J connectivity index is 2.38. The van der Waals surface area contributed by atoms with Gasteiger partial charge >= 0.3 is 0 Å². The van der Waals surface area contributed by atoms with Gasteiger partial charge in [-0.2, -0.15) is 4.31 Å². The number of hydrogen-bond acceptors (Lipinski definition) is 3. The third kappa shape index (κ3) is 2.52. The lowest BCUT2D eigenvalue weighted by Gasteiger charge is -2.31. The van der Waals surface area contributed by atoms with Crippen LogP contribution in [0.25, 0.3) is 0 Å². The number of sulfonamides is 1. The van der Waals surface area contributed by atoms with E-state index in [0.29, 0.717) is 6.54 Å². The summed E-state index contributed by atoms with van der Waals surface area (Å²) >= 11 is 0. The van der Waals surface area contributed by atoms with Crippen LogP contribution in [0.1, 0.15) is 6.92 Å². The lowest BCUT2D eigenvalue weighted by molar-refractivity contribution is 0.309. The van der Waals surface area contributed by atoms with Crippen molar-refractivity contribution in [1.29, 1.82) is 0 Å². The molecule has 0 bridgehead atoms. The molecule has 0 aromatic heterocycles. The molecular weight excluding hydrogens is 262 g/mol. The van der Waals surface area contributed by atoms with Gasteiger partial charge in [-0.25, -0.2) is 17.2 Å². The van der Waals surface area contributed by atoms with Crippen LogP contribution in [-0.2, 0) is 10.0 Å². The van der Waals surface area contributed by atoms with E-state index in [0.717, 1.165) is 18.2 Å². The summed E-state index contributed by atoms with van der Waals surface area (Å²) in [4.78, 5) is -0.600. The molecule has 1 aromatic rings. The molecule has 0 amide bonds. The number of piperazine rings is 1. The van der Waals surface area contributed by atoms with E-state index in [1.165, 1.54) is 4.31 Å². The summed E-state index contributed by atoms with van der Waals surface area (Å²) in [5, 5.41) is 3.09. The van der Waals surface area contributed by atoms with Gasteiger partial charge in [0.05, 0.1) is 0 Å². The lowest BCUT2D eigenvalue weighted by Crippen LogP contribution is -2.51. The van der Waals surface area contributed by atoms with E-state index < -0.39 is 26.6 Å². The summed E-state index contributed by atoms with van der Waals surface area (Å²) in [6, 6.07) is 2.44. The normalized spacial score (nSPS) is 22.1. The topological polar surface area (TPSA) is 49.4 Å². The van der Waals surface area contributed by atoms with Gasteiger partial charge < -0.3 is 5.32 Å². The van der Waals surface area contributed by atoms with Crippen molar-refractivity contribution in [3.05, 3.63) is 29.8 Å². The van der Waals surface area contributed by atoms with Crippen LogP contribution in [0.5, 0.6) is 0 Å². The van der Waals surface area contributed by atoms with Crippen molar-refractivity contribution in [2.24, 2.45) is 0 Å². The fourth-order valence-electron chi connectivity index (χ4n) is 1.93. The van der Waals surface area contributed by atoms with Gasteiger partial charge in [0.15, 0.2) is 0 Å². The van der Waals surface area contributed by atoms with Gasteiger partial charge in [0, 0.05) is 25.7 Å². The van der Waals surface area contributed by atoms with Crippen LogP contribution in [0.2, 0.25) is 0 Å². The van der Waals surface area contributed by atoms with Gasteiger partial charge in [-0.05, 0) is 25.1 Å². The molecular formula is C11H14F2N2O2S. The van der Waals surface area contributed by atoms with Gasteiger partial charge in [0.1, 0.15) is 16.5 Å². The van der Waals surface area contributed by atoms with Crippen molar-refractivity contribution < 1.29 is 17.2 Å². The van der Waals surface area contributed by atoms with Crippen molar-refractivity contribution >= 4 is 10.0 Å². The highest BCUT2D eigenvalue weighted by atomic mass is 32.2. The molecule has 1 aliphatic rings. The molecule has 1 aliphatic heterocycles. The molecule has 7 heteroatoms. The smallest absolute Gasteiger partial charge is 0.246 e. The van der Waals surface area contributed by atoms with Crippen LogP contribution in [0.4, 0.5) is 8.78 Å². The first kappa shape index (κ1) is 13.4. The molecule has 0 unspecified atom stereocenters. The monoisotopic (exact) mass is 276 g/mol. The third-order valence-electron chi connectivity index (χ3n) is 2.84. The van der Waals surface area contributed by atoms with Crippen LogP contribution < -0.4 is 5.32 Å². The van der Waals surface area contributed by atoms with E-state index in [1.54, 1.807) is 0 Å². The Morgan fingerprint density at radius 1 is 1.39 bits per heavy atom. The SMILES string of the molecule is C[C@@H]1CN(S(=O)(=O)c2cc(F)ccc2F)CCN1. The molecule has 0 saturated carbocycles. The Kier molecular flexibility index (Phi) is 3.65. The fraction of sp³-hybridized carbons (Fsp3) is 0.455. The zero-order valence-electron chi connectivity index (χ0n) is 9.86. The zero-order chi connectivity index (χ0) is 13.3. The van der Waals surface area contributed by atoms with Crippen LogP contribution in [0, 0.1) is 11.6 Å². The van der Waals surface area contributed by atoms with Crippen LogP contribution >= 0.6 is 0 Å². The highest BCUT2D eigenvalue weighted by Crippen LogP contribution is 2.21. The number of halogens is 2. The first-order valence-corrected chi connectivity index (χ1v) is 7.04. The number of benzene rings is 1. The second kappa shape index (κ2) is 4.91. The standard InChI is InChI=1S/C11H14F2N2O2S/c1-8-7-15(5-4-14-8)18(16,17)11-6-9(12)2-3-10(11)13/h2-3,6,8,14H,4-5,7H2,1H3/t8-/m1/s1. The summed E-state index contributed by atoms with van der Waals surface area (Å²) in [7, 11) is -3.97. The second-order valence-electron chi connectivity index (χ2n) is 4.29. The molecule has 4 nitrogen and oxygen atoms in total. The molecule has 1 fully saturated rings. The van der Waals surface area contributed by atoms with E-state index in [4.69, 9.17) is 0 Å². The lowest BCUT2D eigenvalue weighted by atomic mass is 10.3. The van der Waals surface area contributed by atoms with Crippen molar-refractivity contribution in [1.82, 2.24) is 9.62 Å². The second-order valence-corrected chi connectivity index (χ2v) is 6.20. The van der Waals surface area contributed by atoms with Crippen LogP contribution in [0.15, 0.2) is 23.1 Å². The highest BCUT2D eigenvalue weighted by Gasteiger charge is 2.30. The van der Waals surface area contributed by atoms with E-state index in [2.05, 4.69) is 5.32 Å². The molecule has 1 aromatic carbocycles. The Bertz CT molecular complexity index is 548. The largest absolute Gasteiger partial charge is 0.312 e. The summed E-state index contributed by atoms with van der Waals surface area (Å²) in [5.41, 5.74) is 0. The summed E-state index contributed by atoms with van der Waals surface area (Å²) < 4.78 is 52.2. The number of nitrogens with zero attached hydrogens (tertiary/aromatic N) is 1.